The van der Waals surface area contributed by atoms with E-state index in [0.29, 0.717) is 52.1 Å². The molecule has 31 heavy (non-hydrogen) atoms. The van der Waals surface area contributed by atoms with Crippen molar-refractivity contribution in [1.82, 2.24) is 4.90 Å². The third kappa shape index (κ3) is 5.59. The monoisotopic (exact) mass is 460 g/mol. The number of aliphatic carboxylic acids is 1. The summed E-state index contributed by atoms with van der Waals surface area (Å²) >= 11 is 6.46. The van der Waals surface area contributed by atoms with Crippen LogP contribution in [0.15, 0.2) is 39.7 Å². The van der Waals surface area contributed by atoms with Crippen LogP contribution in [0.4, 0.5) is 5.69 Å². The molecule has 1 aromatic heterocycles. The zero-order chi connectivity index (χ0) is 22.5. The first-order valence-electron chi connectivity index (χ1n) is 9.58. The number of carboxylic acid groups (broad SMARTS) is 1. The Hall–Kier alpha value is -2.98. The molecule has 0 bridgehead atoms. The molecule has 0 atom stereocenters. The molecule has 10 heteroatoms. The Bertz CT molecular complexity index is 1080. The molecule has 1 aliphatic rings. The first-order chi connectivity index (χ1) is 14.8. The first-order valence-corrected chi connectivity index (χ1v) is 10.8. The lowest BCUT2D eigenvalue weighted by Crippen LogP contribution is -2.29. The van der Waals surface area contributed by atoms with Crippen molar-refractivity contribution >= 4 is 51.9 Å². The summed E-state index contributed by atoms with van der Waals surface area (Å²) in [5.74, 6) is -0.325. The summed E-state index contributed by atoms with van der Waals surface area (Å²) in [5, 5.41) is 20.0. The van der Waals surface area contributed by atoms with Gasteiger partial charge in [0.15, 0.2) is 0 Å². The maximum absolute atomic E-state index is 12.7. The van der Waals surface area contributed by atoms with E-state index in [1.54, 1.807) is 37.3 Å². The van der Waals surface area contributed by atoms with E-state index in [1.807, 2.05) is 0 Å². The van der Waals surface area contributed by atoms with Crippen LogP contribution in [0.3, 0.4) is 0 Å². The number of nitro groups is 1. The van der Waals surface area contributed by atoms with Crippen molar-refractivity contribution in [2.45, 2.75) is 32.6 Å². The Morgan fingerprint density at radius 2 is 2.06 bits per heavy atom. The van der Waals surface area contributed by atoms with Gasteiger partial charge in [-0.05, 0) is 43.5 Å². The average Bonchev–Trinajstić information content (AvgIpc) is 3.27. The fraction of sp³-hybridized carbons (Fsp3) is 0.286. The highest BCUT2D eigenvalue weighted by atomic mass is 32.2. The van der Waals surface area contributed by atoms with Crippen LogP contribution in [-0.4, -0.2) is 37.7 Å². The Kier molecular flexibility index (Phi) is 7.24. The van der Waals surface area contributed by atoms with Gasteiger partial charge in [-0.25, -0.2) is 0 Å². The summed E-state index contributed by atoms with van der Waals surface area (Å²) < 4.78 is 6.19. The molecule has 8 nitrogen and oxygen atoms in total. The third-order valence-corrected chi connectivity index (χ3v) is 6.04. The fourth-order valence-corrected chi connectivity index (χ4v) is 4.41. The highest BCUT2D eigenvalue weighted by molar-refractivity contribution is 8.26. The third-order valence-electron chi connectivity index (χ3n) is 4.66. The number of benzene rings is 1. The molecule has 3 rings (SSSR count). The summed E-state index contributed by atoms with van der Waals surface area (Å²) in [7, 11) is 0. The summed E-state index contributed by atoms with van der Waals surface area (Å²) in [6, 6.07) is 8.18. The number of nitro benzene ring substituents is 1. The van der Waals surface area contributed by atoms with E-state index in [9.17, 15) is 19.7 Å². The van der Waals surface area contributed by atoms with Gasteiger partial charge in [0.05, 0.1) is 15.4 Å². The Morgan fingerprint density at radius 1 is 1.29 bits per heavy atom. The number of carbonyl (C=O) groups excluding carboxylic acids is 1. The van der Waals surface area contributed by atoms with E-state index in [-0.39, 0.29) is 18.0 Å². The Morgan fingerprint density at radius 3 is 2.77 bits per heavy atom. The molecular weight excluding hydrogens is 440 g/mol. The van der Waals surface area contributed by atoms with Crippen LogP contribution in [0.25, 0.3) is 17.4 Å². The molecule has 1 amide bonds. The van der Waals surface area contributed by atoms with Crippen LogP contribution in [-0.2, 0) is 9.59 Å². The minimum absolute atomic E-state index is 0.0462. The van der Waals surface area contributed by atoms with Crippen molar-refractivity contribution in [3.63, 3.8) is 0 Å². The topological polar surface area (TPSA) is 114 Å². The first kappa shape index (κ1) is 22.7. The largest absolute Gasteiger partial charge is 0.481 e. The van der Waals surface area contributed by atoms with Gasteiger partial charge in [-0.1, -0.05) is 36.5 Å². The van der Waals surface area contributed by atoms with E-state index in [0.717, 1.165) is 5.56 Å². The normalized spacial score (nSPS) is 15.1. The molecule has 0 spiro atoms. The summed E-state index contributed by atoms with van der Waals surface area (Å²) in [4.78, 5) is 36.1. The minimum atomic E-state index is -0.831. The molecule has 0 aliphatic carbocycles. The predicted molar refractivity (Wildman–Crippen MR) is 122 cm³/mol. The van der Waals surface area contributed by atoms with Gasteiger partial charge in [-0.15, -0.1) is 0 Å². The number of carboxylic acids is 1. The summed E-state index contributed by atoms with van der Waals surface area (Å²) in [6.45, 7) is 2.21. The number of nitrogens with zero attached hydrogens (tertiary/aromatic N) is 2. The quantitative estimate of drug-likeness (QED) is 0.183. The second-order valence-electron chi connectivity index (χ2n) is 7.02. The molecule has 162 valence electrons. The number of hydrogen-bond donors (Lipinski definition) is 1. The molecule has 2 heterocycles. The highest BCUT2D eigenvalue weighted by Crippen LogP contribution is 2.35. The van der Waals surface area contributed by atoms with Gasteiger partial charge in [-0.3, -0.25) is 24.6 Å². The number of furan rings is 1. The van der Waals surface area contributed by atoms with Crippen molar-refractivity contribution in [1.29, 1.82) is 0 Å². The molecule has 1 aliphatic heterocycles. The lowest BCUT2D eigenvalue weighted by Gasteiger charge is -2.13. The van der Waals surface area contributed by atoms with Crippen molar-refractivity contribution in [3.8, 4) is 11.3 Å². The van der Waals surface area contributed by atoms with Crippen molar-refractivity contribution < 1.29 is 24.0 Å². The zero-order valence-corrected chi connectivity index (χ0v) is 18.3. The van der Waals surface area contributed by atoms with E-state index < -0.39 is 10.9 Å². The maximum Gasteiger partial charge on any atom is 0.303 e. The van der Waals surface area contributed by atoms with Gasteiger partial charge in [-0.2, -0.15) is 0 Å². The molecule has 0 unspecified atom stereocenters. The van der Waals surface area contributed by atoms with Crippen LogP contribution in [0, 0.1) is 17.0 Å². The van der Waals surface area contributed by atoms with Crippen LogP contribution < -0.4 is 0 Å². The summed E-state index contributed by atoms with van der Waals surface area (Å²) in [5.41, 5.74) is 1.09. The van der Waals surface area contributed by atoms with Crippen molar-refractivity contribution in [2.24, 2.45) is 0 Å². The Balaban J connectivity index is 1.70. The lowest BCUT2D eigenvalue weighted by atomic mass is 10.1. The van der Waals surface area contributed by atoms with Crippen LogP contribution in [0.1, 0.15) is 37.0 Å². The number of rotatable bonds is 9. The maximum atomic E-state index is 12.7. The minimum Gasteiger partial charge on any atom is -0.481 e. The number of unbranched alkanes of at least 4 members (excludes halogenated alkanes) is 2. The van der Waals surface area contributed by atoms with Gasteiger partial charge in [0.25, 0.3) is 11.6 Å². The lowest BCUT2D eigenvalue weighted by molar-refractivity contribution is -0.384. The second kappa shape index (κ2) is 9.88. The Labute approximate surface area is 188 Å². The predicted octanol–water partition coefficient (Wildman–Crippen LogP) is 5.01. The molecular formula is C21H20N2O6S2. The van der Waals surface area contributed by atoms with Gasteiger partial charge in [0, 0.05) is 25.1 Å². The molecule has 1 N–H and O–H groups in total. The molecule has 0 radical (unpaired) electrons. The number of aryl methyl sites for hydroxylation is 1. The van der Waals surface area contributed by atoms with E-state index >= 15 is 0 Å². The van der Waals surface area contributed by atoms with Gasteiger partial charge in [0.1, 0.15) is 15.8 Å². The number of carbonyl (C=O) groups is 2. The molecule has 0 saturated carbocycles. The van der Waals surface area contributed by atoms with Gasteiger partial charge in [0.2, 0.25) is 0 Å². The van der Waals surface area contributed by atoms with Crippen molar-refractivity contribution in [3.05, 3.63) is 56.7 Å². The number of thiocarbonyl (C=S) groups is 1. The average molecular weight is 461 g/mol. The standard InChI is InChI=1S/C21H20N2O6S2/c1-13-6-8-15(16(11-13)23(27)28)17-9-7-14(29-17)12-18-20(26)22(21(30)31-18)10-4-2-3-5-19(24)25/h6-9,11-12H,2-5,10H2,1H3,(H,24,25)/b18-12-. The molecule has 1 aromatic carbocycles. The molecule has 1 saturated heterocycles. The van der Waals surface area contributed by atoms with Crippen LogP contribution >= 0.6 is 24.0 Å². The van der Waals surface area contributed by atoms with Gasteiger partial charge < -0.3 is 9.52 Å². The van der Waals surface area contributed by atoms with E-state index in [2.05, 4.69) is 0 Å². The summed E-state index contributed by atoms with van der Waals surface area (Å²) in [6.07, 6.45) is 3.60. The second-order valence-corrected chi connectivity index (χ2v) is 8.69. The smallest absolute Gasteiger partial charge is 0.303 e. The molecule has 2 aromatic rings. The van der Waals surface area contributed by atoms with Crippen molar-refractivity contribution in [2.75, 3.05) is 6.54 Å². The molecule has 1 fully saturated rings. The number of hydrogen-bond acceptors (Lipinski definition) is 7. The van der Waals surface area contributed by atoms with Crippen LogP contribution in [0.2, 0.25) is 0 Å². The number of amides is 1. The van der Waals surface area contributed by atoms with E-state index in [1.165, 1.54) is 22.7 Å². The highest BCUT2D eigenvalue weighted by Gasteiger charge is 2.31. The van der Waals surface area contributed by atoms with E-state index in [4.69, 9.17) is 21.7 Å². The van der Waals surface area contributed by atoms with Gasteiger partial charge >= 0.3 is 5.97 Å². The number of thioether (sulfide) groups is 1. The van der Waals surface area contributed by atoms with Crippen LogP contribution in [0.5, 0.6) is 0 Å². The fourth-order valence-electron chi connectivity index (χ4n) is 3.12. The SMILES string of the molecule is Cc1ccc(-c2ccc(/C=C3\SC(=S)N(CCCCCC(=O)O)C3=O)o2)c([N+](=O)[O-])c1. The zero-order valence-electron chi connectivity index (χ0n) is 16.7.